The molecule has 0 aromatic carbocycles. The molecule has 100 valence electrons. The zero-order valence-electron chi connectivity index (χ0n) is 10.8. The van der Waals surface area contributed by atoms with Crippen LogP contribution in [0.2, 0.25) is 0 Å². The number of carboxylic acid groups (broad SMARTS) is 1. The van der Waals surface area contributed by atoms with Gasteiger partial charge in [-0.3, -0.25) is 4.79 Å². The molecular weight excluding hydrogens is 236 g/mol. The average molecular weight is 254 g/mol. The first-order valence-electron chi connectivity index (χ1n) is 6.06. The number of nitrogens with zero attached hydrogens (tertiary/aromatic N) is 2. The zero-order valence-corrected chi connectivity index (χ0v) is 10.8. The Balaban J connectivity index is 0.000000771. The highest BCUT2D eigenvalue weighted by atomic mass is 16.5. The van der Waals surface area contributed by atoms with Gasteiger partial charge in [0.2, 0.25) is 5.76 Å². The van der Waals surface area contributed by atoms with Crippen molar-refractivity contribution in [2.24, 2.45) is 0 Å². The molecule has 2 rings (SSSR count). The number of carbonyl (C=O) groups is 2. The number of likely N-dealkylation sites (tertiary alicyclic amines) is 1. The SMILES string of the molecule is CC.Cc1cc(C(=O)N2CCCC2C(=O)O)on1. The van der Waals surface area contributed by atoms with Gasteiger partial charge < -0.3 is 14.5 Å². The summed E-state index contributed by atoms with van der Waals surface area (Å²) >= 11 is 0. The van der Waals surface area contributed by atoms with Gasteiger partial charge in [0.15, 0.2) is 0 Å². The van der Waals surface area contributed by atoms with Crippen LogP contribution in [0.5, 0.6) is 0 Å². The lowest BCUT2D eigenvalue weighted by molar-refractivity contribution is -0.141. The molecule has 6 heteroatoms. The molecule has 0 saturated carbocycles. The molecule has 1 amide bonds. The molecule has 0 aliphatic carbocycles. The zero-order chi connectivity index (χ0) is 13.7. The number of aryl methyl sites for hydroxylation is 1. The minimum Gasteiger partial charge on any atom is -0.480 e. The Hall–Kier alpha value is -1.85. The summed E-state index contributed by atoms with van der Waals surface area (Å²) in [5.41, 5.74) is 0.606. The topological polar surface area (TPSA) is 83.6 Å². The summed E-state index contributed by atoms with van der Waals surface area (Å²) in [6.45, 7) is 6.16. The van der Waals surface area contributed by atoms with Crippen LogP contribution in [0, 0.1) is 6.92 Å². The number of aliphatic carboxylic acids is 1. The summed E-state index contributed by atoms with van der Waals surface area (Å²) < 4.78 is 4.83. The molecule has 2 heterocycles. The maximum atomic E-state index is 11.9. The fourth-order valence-corrected chi connectivity index (χ4v) is 1.87. The molecule has 1 atom stereocenters. The highest BCUT2D eigenvalue weighted by Gasteiger charge is 2.35. The second kappa shape index (κ2) is 6.18. The number of amides is 1. The van der Waals surface area contributed by atoms with Gasteiger partial charge in [-0.25, -0.2) is 4.79 Å². The number of hydrogen-bond donors (Lipinski definition) is 1. The largest absolute Gasteiger partial charge is 0.480 e. The first-order valence-corrected chi connectivity index (χ1v) is 6.06. The summed E-state index contributed by atoms with van der Waals surface area (Å²) in [4.78, 5) is 24.1. The second-order valence-electron chi connectivity index (χ2n) is 3.83. The van der Waals surface area contributed by atoms with Crippen molar-refractivity contribution in [2.75, 3.05) is 6.54 Å². The Labute approximate surface area is 106 Å². The number of carbonyl (C=O) groups excluding carboxylic acids is 1. The average Bonchev–Trinajstić information content (AvgIpc) is 2.99. The predicted molar refractivity (Wildman–Crippen MR) is 64.3 cm³/mol. The third-order valence-corrected chi connectivity index (χ3v) is 2.64. The van der Waals surface area contributed by atoms with E-state index in [-0.39, 0.29) is 5.76 Å². The van der Waals surface area contributed by atoms with Crippen LogP contribution < -0.4 is 0 Å². The predicted octanol–water partition coefficient (Wildman–Crippen LogP) is 1.70. The van der Waals surface area contributed by atoms with Crippen LogP contribution in [-0.2, 0) is 4.79 Å². The van der Waals surface area contributed by atoms with Crippen LogP contribution in [0.3, 0.4) is 0 Å². The van der Waals surface area contributed by atoms with E-state index in [1.165, 1.54) is 11.0 Å². The fourth-order valence-electron chi connectivity index (χ4n) is 1.87. The van der Waals surface area contributed by atoms with Crippen molar-refractivity contribution in [3.05, 3.63) is 17.5 Å². The van der Waals surface area contributed by atoms with Crippen molar-refractivity contribution in [1.82, 2.24) is 10.1 Å². The van der Waals surface area contributed by atoms with Gasteiger partial charge in [0, 0.05) is 12.6 Å². The number of aromatic nitrogens is 1. The number of rotatable bonds is 2. The first-order chi connectivity index (χ1) is 8.59. The van der Waals surface area contributed by atoms with Crippen LogP contribution in [0.4, 0.5) is 0 Å². The van der Waals surface area contributed by atoms with Crippen molar-refractivity contribution in [3.63, 3.8) is 0 Å². The normalized spacial score (nSPS) is 18.2. The van der Waals surface area contributed by atoms with Crippen LogP contribution in [-0.4, -0.2) is 39.6 Å². The number of hydrogen-bond acceptors (Lipinski definition) is 4. The smallest absolute Gasteiger partial charge is 0.326 e. The van der Waals surface area contributed by atoms with E-state index in [1.807, 2.05) is 13.8 Å². The molecular formula is C12H18N2O4. The van der Waals surface area contributed by atoms with Gasteiger partial charge in [0.25, 0.3) is 5.91 Å². The molecule has 1 aliphatic rings. The van der Waals surface area contributed by atoms with E-state index in [0.29, 0.717) is 25.1 Å². The van der Waals surface area contributed by atoms with Crippen molar-refractivity contribution in [1.29, 1.82) is 0 Å². The molecule has 1 aliphatic heterocycles. The van der Waals surface area contributed by atoms with Gasteiger partial charge in [-0.05, 0) is 19.8 Å². The van der Waals surface area contributed by atoms with E-state index in [2.05, 4.69) is 5.16 Å². The second-order valence-corrected chi connectivity index (χ2v) is 3.83. The molecule has 1 unspecified atom stereocenters. The highest BCUT2D eigenvalue weighted by Crippen LogP contribution is 2.20. The van der Waals surface area contributed by atoms with Crippen molar-refractivity contribution in [2.45, 2.75) is 39.7 Å². The summed E-state index contributed by atoms with van der Waals surface area (Å²) in [5, 5.41) is 12.6. The molecule has 0 bridgehead atoms. The van der Waals surface area contributed by atoms with Crippen LogP contribution >= 0.6 is 0 Å². The molecule has 1 fully saturated rings. The highest BCUT2D eigenvalue weighted by molar-refractivity contribution is 5.94. The minimum absolute atomic E-state index is 0.102. The summed E-state index contributed by atoms with van der Waals surface area (Å²) in [6.07, 6.45) is 1.20. The maximum Gasteiger partial charge on any atom is 0.326 e. The molecule has 0 spiro atoms. The quantitative estimate of drug-likeness (QED) is 0.868. The van der Waals surface area contributed by atoms with Gasteiger partial charge >= 0.3 is 5.97 Å². The third kappa shape index (κ3) is 2.88. The minimum atomic E-state index is -0.970. The van der Waals surface area contributed by atoms with Gasteiger partial charge in [-0.15, -0.1) is 0 Å². The van der Waals surface area contributed by atoms with Crippen LogP contribution in [0.25, 0.3) is 0 Å². The van der Waals surface area contributed by atoms with Crippen LogP contribution in [0.15, 0.2) is 10.6 Å². The number of carboxylic acids is 1. The van der Waals surface area contributed by atoms with Crippen molar-refractivity contribution in [3.8, 4) is 0 Å². The van der Waals surface area contributed by atoms with Gasteiger partial charge in [-0.1, -0.05) is 19.0 Å². The molecule has 1 aromatic rings. The molecule has 0 radical (unpaired) electrons. The Morgan fingerprint density at radius 1 is 1.50 bits per heavy atom. The van der Waals surface area contributed by atoms with Crippen molar-refractivity contribution >= 4 is 11.9 Å². The van der Waals surface area contributed by atoms with E-state index in [9.17, 15) is 9.59 Å². The Morgan fingerprint density at radius 2 is 2.17 bits per heavy atom. The van der Waals surface area contributed by atoms with E-state index in [0.717, 1.165) is 0 Å². The van der Waals surface area contributed by atoms with Crippen molar-refractivity contribution < 1.29 is 19.2 Å². The monoisotopic (exact) mass is 254 g/mol. The molecule has 1 N–H and O–H groups in total. The maximum absolute atomic E-state index is 11.9. The molecule has 6 nitrogen and oxygen atoms in total. The molecule has 1 aromatic heterocycles. The van der Waals surface area contributed by atoms with Gasteiger partial charge in [-0.2, -0.15) is 0 Å². The lowest BCUT2D eigenvalue weighted by Crippen LogP contribution is -2.40. The lowest BCUT2D eigenvalue weighted by atomic mass is 10.2. The van der Waals surface area contributed by atoms with Gasteiger partial charge in [0.1, 0.15) is 6.04 Å². The first kappa shape index (κ1) is 14.2. The van der Waals surface area contributed by atoms with E-state index >= 15 is 0 Å². The fraction of sp³-hybridized carbons (Fsp3) is 0.583. The molecule has 1 saturated heterocycles. The van der Waals surface area contributed by atoms with Crippen LogP contribution in [0.1, 0.15) is 42.9 Å². The summed E-state index contributed by atoms with van der Waals surface area (Å²) in [5.74, 6) is -1.27. The Morgan fingerprint density at radius 3 is 2.67 bits per heavy atom. The van der Waals surface area contributed by atoms with Gasteiger partial charge in [0.05, 0.1) is 5.69 Å². The Kier molecular flexibility index (Phi) is 4.88. The summed E-state index contributed by atoms with van der Waals surface area (Å²) in [6, 6.07) is 0.775. The van der Waals surface area contributed by atoms with E-state index in [1.54, 1.807) is 6.92 Å². The Bertz CT molecular complexity index is 427. The van der Waals surface area contributed by atoms with E-state index in [4.69, 9.17) is 9.63 Å². The molecule has 18 heavy (non-hydrogen) atoms. The third-order valence-electron chi connectivity index (χ3n) is 2.64. The van der Waals surface area contributed by atoms with E-state index < -0.39 is 17.9 Å². The summed E-state index contributed by atoms with van der Waals surface area (Å²) in [7, 11) is 0. The standard InChI is InChI=1S/C10H12N2O4.C2H6/c1-6-5-8(16-11-6)9(13)12-4-2-3-7(12)10(14)15;1-2/h5,7H,2-4H2,1H3,(H,14,15);1-2H3. The lowest BCUT2D eigenvalue weighted by Gasteiger charge is -2.19.